The van der Waals surface area contributed by atoms with Gasteiger partial charge in [0.2, 0.25) is 0 Å². The Kier molecular flexibility index (Phi) is 6.46. The molecule has 1 aliphatic rings. The monoisotopic (exact) mass is 407 g/mol. The first-order valence-corrected chi connectivity index (χ1v) is 8.95. The zero-order valence-electron chi connectivity index (χ0n) is 15.5. The number of hydrogen-bond donors (Lipinski definition) is 5. The second-order valence-electron chi connectivity index (χ2n) is 6.64. The normalized spacial score (nSPS) is 26.8. The summed E-state index contributed by atoms with van der Waals surface area (Å²) in [6.45, 7) is -0.620. The number of amides is 1. The van der Waals surface area contributed by atoms with Gasteiger partial charge in [-0.2, -0.15) is 0 Å². The van der Waals surface area contributed by atoms with Crippen LogP contribution in [0.3, 0.4) is 0 Å². The third kappa shape index (κ3) is 4.39. The number of ether oxygens (including phenoxy) is 2. The molecule has 29 heavy (non-hydrogen) atoms. The molecule has 0 radical (unpaired) electrons. The molecule has 0 bridgehead atoms. The Morgan fingerprint density at radius 3 is 2.52 bits per heavy atom. The quantitative estimate of drug-likeness (QED) is 0.488. The molecule has 9 heteroatoms. The van der Waals surface area contributed by atoms with Crippen LogP contribution in [0.15, 0.2) is 42.5 Å². The summed E-state index contributed by atoms with van der Waals surface area (Å²) in [5.74, 6) is -0.484. The second-order valence-corrected chi connectivity index (χ2v) is 6.64. The minimum absolute atomic E-state index is 0.109. The Bertz CT molecular complexity index is 876. The lowest BCUT2D eigenvalue weighted by molar-refractivity contribution is -0.232. The van der Waals surface area contributed by atoms with E-state index in [1.54, 1.807) is 18.2 Å². The Balaban J connectivity index is 1.88. The van der Waals surface area contributed by atoms with Gasteiger partial charge < -0.3 is 35.2 Å². The molecule has 1 fully saturated rings. The molecular weight excluding hydrogens is 385 g/mol. The highest BCUT2D eigenvalue weighted by atomic mass is 19.1. The van der Waals surface area contributed by atoms with Crippen molar-refractivity contribution in [2.75, 3.05) is 13.7 Å². The maximum atomic E-state index is 14.4. The molecule has 0 aromatic heterocycles. The molecule has 5 atom stereocenters. The molecule has 1 heterocycles. The fourth-order valence-electron chi connectivity index (χ4n) is 3.14. The van der Waals surface area contributed by atoms with E-state index >= 15 is 0 Å². The predicted molar refractivity (Wildman–Crippen MR) is 99.0 cm³/mol. The number of nitrogens with one attached hydrogen (secondary N) is 1. The summed E-state index contributed by atoms with van der Waals surface area (Å²) in [7, 11) is 1.50. The van der Waals surface area contributed by atoms with Crippen LogP contribution in [-0.4, -0.2) is 64.4 Å². The van der Waals surface area contributed by atoms with Gasteiger partial charge in [-0.1, -0.05) is 6.07 Å². The number of rotatable bonds is 5. The van der Waals surface area contributed by atoms with Crippen molar-refractivity contribution in [1.82, 2.24) is 5.32 Å². The van der Waals surface area contributed by atoms with Crippen molar-refractivity contribution in [3.8, 4) is 11.5 Å². The first-order valence-electron chi connectivity index (χ1n) is 8.95. The van der Waals surface area contributed by atoms with Crippen LogP contribution in [-0.2, 0) is 4.74 Å². The molecule has 8 nitrogen and oxygen atoms in total. The standard InChI is InChI=1S/C20H22FNO7/c1-22-20(27)10-3-2-4-11(7-10)28-12-5-6-14(21)13(8-12)19-18(26)17(25)16(24)15(9-23)29-19/h2-8,15-19,23-26H,9H2,1H3,(H,22,27)/t15-,16-,17+,18+,19-/m1/s1. The lowest BCUT2D eigenvalue weighted by atomic mass is 9.91. The number of halogens is 1. The summed E-state index contributed by atoms with van der Waals surface area (Å²) in [6, 6.07) is 10.1. The van der Waals surface area contributed by atoms with Crippen LogP contribution >= 0.6 is 0 Å². The number of carbonyl (C=O) groups is 1. The smallest absolute Gasteiger partial charge is 0.251 e. The van der Waals surface area contributed by atoms with Crippen molar-refractivity contribution in [3.63, 3.8) is 0 Å². The van der Waals surface area contributed by atoms with E-state index in [0.29, 0.717) is 11.3 Å². The minimum Gasteiger partial charge on any atom is -0.457 e. The maximum absolute atomic E-state index is 14.4. The van der Waals surface area contributed by atoms with Crippen LogP contribution in [0.5, 0.6) is 11.5 Å². The molecule has 2 aromatic rings. The number of aliphatic hydroxyl groups is 4. The maximum Gasteiger partial charge on any atom is 0.251 e. The van der Waals surface area contributed by atoms with Crippen LogP contribution in [0.4, 0.5) is 4.39 Å². The van der Waals surface area contributed by atoms with Crippen LogP contribution < -0.4 is 10.1 Å². The van der Waals surface area contributed by atoms with Crippen LogP contribution in [0.25, 0.3) is 0 Å². The number of carbonyl (C=O) groups excluding carboxylic acids is 1. The van der Waals surface area contributed by atoms with Crippen molar-refractivity contribution in [1.29, 1.82) is 0 Å². The second kappa shape index (κ2) is 8.85. The van der Waals surface area contributed by atoms with Crippen molar-refractivity contribution >= 4 is 5.91 Å². The van der Waals surface area contributed by atoms with Gasteiger partial charge in [-0.15, -0.1) is 0 Å². The van der Waals surface area contributed by atoms with E-state index in [9.17, 15) is 29.6 Å². The molecule has 3 rings (SSSR count). The molecule has 1 saturated heterocycles. The summed E-state index contributed by atoms with van der Waals surface area (Å²) in [5.41, 5.74) is 0.267. The first kappa shape index (κ1) is 21.2. The highest BCUT2D eigenvalue weighted by molar-refractivity contribution is 5.94. The minimum atomic E-state index is -1.63. The highest BCUT2D eigenvalue weighted by Gasteiger charge is 2.44. The van der Waals surface area contributed by atoms with Crippen molar-refractivity contribution in [2.45, 2.75) is 30.5 Å². The molecule has 2 aromatic carbocycles. The third-order valence-electron chi connectivity index (χ3n) is 4.73. The van der Waals surface area contributed by atoms with E-state index < -0.39 is 42.9 Å². The molecular formula is C20H22FNO7. The summed E-state index contributed by atoms with van der Waals surface area (Å²) in [5, 5.41) is 41.9. The summed E-state index contributed by atoms with van der Waals surface area (Å²) >= 11 is 0. The van der Waals surface area contributed by atoms with Gasteiger partial charge in [0, 0.05) is 18.2 Å². The molecule has 0 aliphatic carbocycles. The average molecular weight is 407 g/mol. The molecule has 1 aliphatic heterocycles. The van der Waals surface area contributed by atoms with Gasteiger partial charge in [-0.25, -0.2) is 4.39 Å². The van der Waals surface area contributed by atoms with Crippen LogP contribution in [0.2, 0.25) is 0 Å². The number of hydrogen-bond acceptors (Lipinski definition) is 7. The van der Waals surface area contributed by atoms with E-state index in [0.717, 1.165) is 6.07 Å². The van der Waals surface area contributed by atoms with Gasteiger partial charge >= 0.3 is 0 Å². The Hall–Kier alpha value is -2.56. The SMILES string of the molecule is CNC(=O)c1cccc(Oc2ccc(F)c([C@H]3O[C@H](CO)[C@@H](O)[C@H](O)[C@@H]3O)c2)c1. The Morgan fingerprint density at radius 1 is 1.10 bits per heavy atom. The highest BCUT2D eigenvalue weighted by Crippen LogP contribution is 2.36. The van der Waals surface area contributed by atoms with E-state index in [2.05, 4.69) is 5.32 Å². The van der Waals surface area contributed by atoms with Crippen LogP contribution in [0, 0.1) is 5.82 Å². The largest absolute Gasteiger partial charge is 0.457 e. The summed E-state index contributed by atoms with van der Waals surface area (Å²) in [6.07, 6.45) is -7.27. The van der Waals surface area contributed by atoms with Gasteiger partial charge in [-0.3, -0.25) is 4.79 Å². The Morgan fingerprint density at radius 2 is 1.83 bits per heavy atom. The van der Waals surface area contributed by atoms with E-state index in [1.807, 2.05) is 0 Å². The molecule has 0 unspecified atom stereocenters. The average Bonchev–Trinajstić information content (AvgIpc) is 2.73. The zero-order valence-corrected chi connectivity index (χ0v) is 15.5. The van der Waals surface area contributed by atoms with Gasteiger partial charge in [-0.05, 0) is 36.4 Å². The van der Waals surface area contributed by atoms with Gasteiger partial charge in [0.05, 0.1) is 6.61 Å². The van der Waals surface area contributed by atoms with Gasteiger partial charge in [0.1, 0.15) is 47.8 Å². The first-order chi connectivity index (χ1) is 13.8. The molecule has 5 N–H and O–H groups in total. The molecule has 0 saturated carbocycles. The fraction of sp³-hybridized carbons (Fsp3) is 0.350. The zero-order chi connectivity index (χ0) is 21.1. The van der Waals surface area contributed by atoms with Crippen molar-refractivity contribution < 1.29 is 39.1 Å². The predicted octanol–water partition coefficient (Wildman–Crippen LogP) is 0.492. The van der Waals surface area contributed by atoms with E-state index in [4.69, 9.17) is 9.47 Å². The lowest BCUT2D eigenvalue weighted by Gasteiger charge is -2.40. The lowest BCUT2D eigenvalue weighted by Crippen LogP contribution is -2.55. The van der Waals surface area contributed by atoms with E-state index in [-0.39, 0.29) is 17.2 Å². The van der Waals surface area contributed by atoms with Crippen LogP contribution in [0.1, 0.15) is 22.0 Å². The van der Waals surface area contributed by atoms with Crippen molar-refractivity contribution in [3.05, 3.63) is 59.4 Å². The van der Waals surface area contributed by atoms with Gasteiger partial charge in [0.15, 0.2) is 0 Å². The summed E-state index contributed by atoms with van der Waals surface area (Å²) < 4.78 is 25.5. The Labute approximate surface area is 166 Å². The molecule has 1 amide bonds. The third-order valence-corrected chi connectivity index (χ3v) is 4.73. The fourth-order valence-corrected chi connectivity index (χ4v) is 3.14. The topological polar surface area (TPSA) is 128 Å². The van der Waals surface area contributed by atoms with E-state index in [1.165, 1.54) is 25.2 Å². The van der Waals surface area contributed by atoms with Crippen molar-refractivity contribution in [2.24, 2.45) is 0 Å². The van der Waals surface area contributed by atoms with Gasteiger partial charge in [0.25, 0.3) is 5.91 Å². The summed E-state index contributed by atoms with van der Waals surface area (Å²) in [4.78, 5) is 11.8. The molecule has 156 valence electrons. The number of aliphatic hydroxyl groups excluding tert-OH is 4. The molecule has 0 spiro atoms. The number of benzene rings is 2.